The molecule has 1 atom stereocenters. The Hall–Kier alpha value is -3.52. The highest BCUT2D eigenvalue weighted by Gasteiger charge is 2.43. The number of nitrogens with two attached hydrogens (primary N) is 1. The molecule has 8 heteroatoms. The summed E-state index contributed by atoms with van der Waals surface area (Å²) in [5, 5.41) is 7.64. The summed E-state index contributed by atoms with van der Waals surface area (Å²) < 4.78 is 1.90. The second-order valence-corrected chi connectivity index (χ2v) is 8.71. The fourth-order valence-electron chi connectivity index (χ4n) is 4.63. The largest absolute Gasteiger partial charge is 0.369 e. The number of rotatable bonds is 7. The van der Waals surface area contributed by atoms with Gasteiger partial charge in [-0.15, -0.1) is 0 Å². The molecule has 0 saturated carbocycles. The lowest BCUT2D eigenvalue weighted by Crippen LogP contribution is -2.55. The zero-order chi connectivity index (χ0) is 23.4. The van der Waals surface area contributed by atoms with Crippen LogP contribution in [-0.4, -0.2) is 51.1 Å². The van der Waals surface area contributed by atoms with E-state index in [1.807, 2.05) is 59.8 Å². The molecule has 2 aromatic heterocycles. The molecular weight excluding hydrogens is 416 g/mol. The SMILES string of the molecule is Cc1nn(Cc2ccccc2)c(C)c1NC(=O)CN1CCCC(C(N)=O)(c2ccccn2)C1. The first-order chi connectivity index (χ1) is 15.9. The molecule has 0 radical (unpaired) electrons. The third kappa shape index (κ3) is 4.80. The number of primary amides is 1. The molecule has 3 aromatic rings. The monoisotopic (exact) mass is 446 g/mol. The minimum atomic E-state index is -0.883. The zero-order valence-electron chi connectivity index (χ0n) is 19.1. The maximum Gasteiger partial charge on any atom is 0.238 e. The van der Waals surface area contributed by atoms with Crippen molar-refractivity contribution in [3.8, 4) is 0 Å². The minimum absolute atomic E-state index is 0.137. The number of nitrogens with zero attached hydrogens (tertiary/aromatic N) is 4. The lowest BCUT2D eigenvalue weighted by atomic mass is 9.76. The number of aromatic nitrogens is 3. The van der Waals surface area contributed by atoms with Gasteiger partial charge in [-0.25, -0.2) is 0 Å². The Morgan fingerprint density at radius 1 is 1.12 bits per heavy atom. The van der Waals surface area contributed by atoms with Crippen molar-refractivity contribution in [2.45, 2.75) is 38.6 Å². The number of hydrogen-bond donors (Lipinski definition) is 2. The van der Waals surface area contributed by atoms with Crippen molar-refractivity contribution in [1.29, 1.82) is 0 Å². The van der Waals surface area contributed by atoms with Gasteiger partial charge in [0.25, 0.3) is 0 Å². The van der Waals surface area contributed by atoms with Crippen LogP contribution in [-0.2, 0) is 21.5 Å². The maximum absolute atomic E-state index is 12.9. The molecule has 1 aliphatic rings. The Bertz CT molecular complexity index is 1130. The summed E-state index contributed by atoms with van der Waals surface area (Å²) in [6.07, 6.45) is 3.06. The smallest absolute Gasteiger partial charge is 0.238 e. The molecular formula is C25H30N6O2. The van der Waals surface area contributed by atoms with E-state index in [9.17, 15) is 9.59 Å². The van der Waals surface area contributed by atoms with E-state index < -0.39 is 11.3 Å². The van der Waals surface area contributed by atoms with E-state index in [1.165, 1.54) is 0 Å². The quantitative estimate of drug-likeness (QED) is 0.580. The van der Waals surface area contributed by atoms with Gasteiger partial charge in [0.15, 0.2) is 0 Å². The Morgan fingerprint density at radius 3 is 2.58 bits per heavy atom. The first kappa shape index (κ1) is 22.7. The molecule has 0 aliphatic carbocycles. The van der Waals surface area contributed by atoms with E-state index in [4.69, 9.17) is 5.73 Å². The lowest BCUT2D eigenvalue weighted by molar-refractivity contribution is -0.127. The highest BCUT2D eigenvalue weighted by molar-refractivity contribution is 5.93. The summed E-state index contributed by atoms with van der Waals surface area (Å²) in [6, 6.07) is 15.6. The standard InChI is InChI=1S/C25H30N6O2/c1-18-23(19(2)31(29-18)15-20-9-4-3-5-10-20)28-22(32)16-30-14-8-12-25(17-30,24(26)33)21-11-6-7-13-27-21/h3-7,9-11,13H,8,12,14-17H2,1-2H3,(H2,26,33)(H,28,32). The Kier molecular flexibility index (Phi) is 6.55. The second kappa shape index (κ2) is 9.54. The fourth-order valence-corrected chi connectivity index (χ4v) is 4.63. The number of anilines is 1. The van der Waals surface area contributed by atoms with Gasteiger partial charge >= 0.3 is 0 Å². The number of benzene rings is 1. The minimum Gasteiger partial charge on any atom is -0.369 e. The van der Waals surface area contributed by atoms with Gasteiger partial charge in [-0.05, 0) is 50.9 Å². The molecule has 1 unspecified atom stereocenters. The second-order valence-electron chi connectivity index (χ2n) is 8.71. The zero-order valence-corrected chi connectivity index (χ0v) is 19.1. The van der Waals surface area contributed by atoms with Crippen LogP contribution in [0.3, 0.4) is 0 Å². The van der Waals surface area contributed by atoms with Crippen molar-refractivity contribution in [2.24, 2.45) is 5.73 Å². The van der Waals surface area contributed by atoms with Crippen LogP contribution in [0.1, 0.15) is 35.5 Å². The number of carbonyl (C=O) groups is 2. The summed E-state index contributed by atoms with van der Waals surface area (Å²) >= 11 is 0. The van der Waals surface area contributed by atoms with Crippen LogP contribution >= 0.6 is 0 Å². The normalized spacial score (nSPS) is 18.7. The molecule has 1 aliphatic heterocycles. The maximum atomic E-state index is 12.9. The van der Waals surface area contributed by atoms with E-state index in [2.05, 4.69) is 27.5 Å². The van der Waals surface area contributed by atoms with Crippen LogP contribution < -0.4 is 11.1 Å². The molecule has 8 nitrogen and oxygen atoms in total. The number of nitrogens with one attached hydrogen (secondary N) is 1. The average Bonchev–Trinajstić information content (AvgIpc) is 3.07. The van der Waals surface area contributed by atoms with Gasteiger partial charge in [0.2, 0.25) is 11.8 Å². The van der Waals surface area contributed by atoms with E-state index in [-0.39, 0.29) is 12.5 Å². The highest BCUT2D eigenvalue weighted by Crippen LogP contribution is 2.33. The highest BCUT2D eigenvalue weighted by atomic mass is 16.2. The average molecular weight is 447 g/mol. The Labute approximate surface area is 193 Å². The summed E-state index contributed by atoms with van der Waals surface area (Å²) in [6.45, 7) is 5.76. The molecule has 1 aromatic carbocycles. The van der Waals surface area contributed by atoms with Gasteiger partial charge in [-0.3, -0.25) is 24.2 Å². The third-order valence-electron chi connectivity index (χ3n) is 6.39. The van der Waals surface area contributed by atoms with Gasteiger partial charge in [-0.1, -0.05) is 36.4 Å². The number of amides is 2. The number of aryl methyl sites for hydroxylation is 1. The van der Waals surface area contributed by atoms with Gasteiger partial charge in [-0.2, -0.15) is 5.10 Å². The van der Waals surface area contributed by atoms with Crippen molar-refractivity contribution >= 4 is 17.5 Å². The van der Waals surface area contributed by atoms with Crippen molar-refractivity contribution in [3.05, 3.63) is 77.4 Å². The number of hydrogen-bond acceptors (Lipinski definition) is 5. The topological polar surface area (TPSA) is 106 Å². The number of likely N-dealkylation sites (tertiary alicyclic amines) is 1. The van der Waals surface area contributed by atoms with Crippen LogP contribution in [0.4, 0.5) is 5.69 Å². The van der Waals surface area contributed by atoms with Crippen LogP contribution in [0.15, 0.2) is 54.7 Å². The van der Waals surface area contributed by atoms with E-state index >= 15 is 0 Å². The first-order valence-electron chi connectivity index (χ1n) is 11.2. The summed E-state index contributed by atoms with van der Waals surface area (Å²) in [4.78, 5) is 31.8. The molecule has 0 spiro atoms. The van der Waals surface area contributed by atoms with E-state index in [1.54, 1.807) is 6.20 Å². The van der Waals surface area contributed by atoms with Crippen LogP contribution in [0.5, 0.6) is 0 Å². The van der Waals surface area contributed by atoms with Gasteiger partial charge < -0.3 is 11.1 Å². The molecule has 3 heterocycles. The van der Waals surface area contributed by atoms with E-state index in [0.29, 0.717) is 25.2 Å². The molecule has 4 rings (SSSR count). The molecule has 172 valence electrons. The predicted molar refractivity (Wildman–Crippen MR) is 127 cm³/mol. The predicted octanol–water partition coefficient (Wildman–Crippen LogP) is 2.40. The third-order valence-corrected chi connectivity index (χ3v) is 6.39. The molecule has 3 N–H and O–H groups in total. The van der Waals surface area contributed by atoms with Crippen molar-refractivity contribution in [2.75, 3.05) is 25.0 Å². The summed E-state index contributed by atoms with van der Waals surface area (Å²) in [7, 11) is 0. The molecule has 33 heavy (non-hydrogen) atoms. The molecule has 0 bridgehead atoms. The first-order valence-corrected chi connectivity index (χ1v) is 11.2. The van der Waals surface area contributed by atoms with Crippen molar-refractivity contribution in [3.63, 3.8) is 0 Å². The van der Waals surface area contributed by atoms with Gasteiger partial charge in [0.05, 0.1) is 35.9 Å². The molecule has 2 amide bonds. The van der Waals surface area contributed by atoms with Gasteiger partial charge in [0.1, 0.15) is 5.41 Å². The van der Waals surface area contributed by atoms with Crippen LogP contribution in [0, 0.1) is 13.8 Å². The molecule has 1 fully saturated rings. The molecule has 1 saturated heterocycles. The number of piperidine rings is 1. The fraction of sp³-hybridized carbons (Fsp3) is 0.360. The Morgan fingerprint density at radius 2 is 1.88 bits per heavy atom. The van der Waals surface area contributed by atoms with Crippen LogP contribution in [0.25, 0.3) is 0 Å². The van der Waals surface area contributed by atoms with Crippen LogP contribution in [0.2, 0.25) is 0 Å². The summed E-state index contributed by atoms with van der Waals surface area (Å²) in [5.41, 5.74) is 9.18. The number of pyridine rings is 1. The van der Waals surface area contributed by atoms with Crippen molar-refractivity contribution in [1.82, 2.24) is 19.7 Å². The Balaban J connectivity index is 1.45. The lowest BCUT2D eigenvalue weighted by Gasteiger charge is -2.40. The van der Waals surface area contributed by atoms with E-state index in [0.717, 1.165) is 35.6 Å². The number of carbonyl (C=O) groups excluding carboxylic acids is 2. The van der Waals surface area contributed by atoms with Crippen molar-refractivity contribution < 1.29 is 9.59 Å². The summed E-state index contributed by atoms with van der Waals surface area (Å²) in [5.74, 6) is -0.540. The van der Waals surface area contributed by atoms with Gasteiger partial charge in [0, 0.05) is 12.7 Å².